The molecule has 0 aromatic rings. The van der Waals surface area contributed by atoms with Crippen LogP contribution < -0.4 is 5.73 Å². The molecule has 76 valence electrons. The molecule has 0 radical (unpaired) electrons. The number of rotatable bonds is 7. The lowest BCUT2D eigenvalue weighted by Gasteiger charge is -2.04. The minimum Gasteiger partial charge on any atom is -0.480 e. The van der Waals surface area contributed by atoms with Gasteiger partial charge in [0.05, 0.1) is 0 Å². The predicted molar refractivity (Wildman–Crippen MR) is 49.4 cm³/mol. The van der Waals surface area contributed by atoms with Gasteiger partial charge in [0.25, 0.3) is 0 Å². The summed E-state index contributed by atoms with van der Waals surface area (Å²) in [6.45, 7) is 2.05. The van der Waals surface area contributed by atoms with Crippen LogP contribution in [0.15, 0.2) is 0 Å². The van der Waals surface area contributed by atoms with Crippen molar-refractivity contribution in [3.8, 4) is 0 Å². The van der Waals surface area contributed by atoms with Gasteiger partial charge in [-0.3, -0.25) is 9.59 Å². The van der Waals surface area contributed by atoms with Crippen LogP contribution >= 0.6 is 0 Å². The summed E-state index contributed by atoms with van der Waals surface area (Å²) in [5.41, 5.74) is 5.20. The molecule has 0 aliphatic carbocycles. The number of carbonyl (C=O) groups is 2. The van der Waals surface area contributed by atoms with E-state index in [1.807, 2.05) is 6.92 Å². The lowest BCUT2D eigenvalue weighted by atomic mass is 10.1. The second-order valence-electron chi connectivity index (χ2n) is 3.14. The second-order valence-corrected chi connectivity index (χ2v) is 3.14. The molecular weight excluding hydrogens is 170 g/mol. The average Bonchev–Trinajstić information content (AvgIpc) is 2.04. The van der Waals surface area contributed by atoms with Gasteiger partial charge in [-0.05, 0) is 6.42 Å². The number of nitrogens with two attached hydrogens (primary N) is 1. The van der Waals surface area contributed by atoms with E-state index in [9.17, 15) is 9.59 Å². The van der Waals surface area contributed by atoms with Crippen molar-refractivity contribution in [2.75, 3.05) is 0 Å². The first kappa shape index (κ1) is 12.1. The first-order valence-corrected chi connectivity index (χ1v) is 4.58. The molecule has 3 N–H and O–H groups in total. The van der Waals surface area contributed by atoms with E-state index in [2.05, 4.69) is 0 Å². The van der Waals surface area contributed by atoms with E-state index in [-0.39, 0.29) is 12.2 Å². The third-order valence-corrected chi connectivity index (χ3v) is 1.82. The number of carboxylic acids is 1. The zero-order chi connectivity index (χ0) is 10.3. The Balaban J connectivity index is 3.56. The molecule has 0 fully saturated rings. The molecule has 0 heterocycles. The highest BCUT2D eigenvalue weighted by atomic mass is 16.4. The van der Waals surface area contributed by atoms with Crippen molar-refractivity contribution < 1.29 is 14.7 Å². The molecule has 1 atom stereocenters. The third-order valence-electron chi connectivity index (χ3n) is 1.82. The molecule has 13 heavy (non-hydrogen) atoms. The molecule has 1 unspecified atom stereocenters. The summed E-state index contributed by atoms with van der Waals surface area (Å²) in [6.07, 6.45) is 3.31. The normalized spacial score (nSPS) is 12.5. The minimum atomic E-state index is -1.11. The van der Waals surface area contributed by atoms with Crippen LogP contribution in [0, 0.1) is 0 Å². The van der Waals surface area contributed by atoms with Crippen molar-refractivity contribution in [3.05, 3.63) is 0 Å². The summed E-state index contributed by atoms with van der Waals surface area (Å²) in [5.74, 6) is -1.16. The number of hydrogen-bond donors (Lipinski definition) is 2. The van der Waals surface area contributed by atoms with Gasteiger partial charge >= 0.3 is 5.97 Å². The topological polar surface area (TPSA) is 80.4 Å². The summed E-state index contributed by atoms with van der Waals surface area (Å²) in [6, 6.07) is -1.03. The molecule has 0 saturated heterocycles. The molecule has 0 saturated carbocycles. The van der Waals surface area contributed by atoms with Gasteiger partial charge < -0.3 is 10.8 Å². The Morgan fingerprint density at radius 3 is 2.46 bits per heavy atom. The highest BCUT2D eigenvalue weighted by Crippen LogP contribution is 2.03. The molecule has 0 bridgehead atoms. The fourth-order valence-electron chi connectivity index (χ4n) is 1.01. The quantitative estimate of drug-likeness (QED) is 0.581. The van der Waals surface area contributed by atoms with Gasteiger partial charge in [-0.2, -0.15) is 0 Å². The summed E-state index contributed by atoms with van der Waals surface area (Å²) >= 11 is 0. The van der Waals surface area contributed by atoms with Gasteiger partial charge in [-0.25, -0.2) is 0 Å². The maximum absolute atomic E-state index is 11.1. The summed E-state index contributed by atoms with van der Waals surface area (Å²) in [5, 5.41) is 8.43. The molecule has 0 aromatic heterocycles. The minimum absolute atomic E-state index is 0.0426. The predicted octanol–water partition coefficient (Wildman–Crippen LogP) is 0.938. The van der Waals surface area contributed by atoms with Gasteiger partial charge in [0.1, 0.15) is 11.8 Å². The number of hydrogen-bond acceptors (Lipinski definition) is 3. The number of Topliss-reactive ketones (excluding diaryl/α,β-unsaturated/α-hetero) is 1. The molecule has 0 aliphatic heterocycles. The number of aliphatic carboxylic acids is 1. The highest BCUT2D eigenvalue weighted by Gasteiger charge is 2.15. The molecule has 0 aliphatic rings. The number of unbranched alkanes of at least 4 members (excludes halogenated alkanes) is 2. The maximum Gasteiger partial charge on any atom is 0.320 e. The van der Waals surface area contributed by atoms with E-state index >= 15 is 0 Å². The lowest BCUT2D eigenvalue weighted by molar-refractivity contribution is -0.140. The SMILES string of the molecule is CCCCCC(=O)CC(N)C(=O)O. The highest BCUT2D eigenvalue weighted by molar-refractivity contribution is 5.85. The van der Waals surface area contributed by atoms with E-state index in [4.69, 9.17) is 10.8 Å². The third kappa shape index (κ3) is 6.28. The Bertz CT molecular complexity index is 180. The Morgan fingerprint density at radius 2 is 2.00 bits per heavy atom. The standard InChI is InChI=1S/C9H17NO3/c1-2-3-4-5-7(11)6-8(10)9(12)13/h8H,2-6,10H2,1H3,(H,12,13). The van der Waals surface area contributed by atoms with E-state index < -0.39 is 12.0 Å². The summed E-state index contributed by atoms with van der Waals surface area (Å²) in [7, 11) is 0. The largest absolute Gasteiger partial charge is 0.480 e. The van der Waals surface area contributed by atoms with Crippen molar-refractivity contribution in [2.24, 2.45) is 5.73 Å². The van der Waals surface area contributed by atoms with Crippen LogP contribution in [0.2, 0.25) is 0 Å². The van der Waals surface area contributed by atoms with Crippen molar-refractivity contribution >= 4 is 11.8 Å². The summed E-state index contributed by atoms with van der Waals surface area (Å²) in [4.78, 5) is 21.4. The maximum atomic E-state index is 11.1. The Morgan fingerprint density at radius 1 is 1.38 bits per heavy atom. The second kappa shape index (κ2) is 6.60. The lowest BCUT2D eigenvalue weighted by Crippen LogP contribution is -2.32. The first-order valence-electron chi connectivity index (χ1n) is 4.58. The summed E-state index contributed by atoms with van der Waals surface area (Å²) < 4.78 is 0. The van der Waals surface area contributed by atoms with Crippen molar-refractivity contribution in [1.29, 1.82) is 0 Å². The Labute approximate surface area is 78.1 Å². The van der Waals surface area contributed by atoms with Gasteiger partial charge in [0.2, 0.25) is 0 Å². The van der Waals surface area contributed by atoms with E-state index in [0.717, 1.165) is 19.3 Å². The van der Waals surface area contributed by atoms with Gasteiger partial charge in [-0.15, -0.1) is 0 Å². The number of carboxylic acid groups (broad SMARTS) is 1. The van der Waals surface area contributed by atoms with Crippen LogP contribution in [0.1, 0.15) is 39.0 Å². The van der Waals surface area contributed by atoms with Crippen molar-refractivity contribution in [3.63, 3.8) is 0 Å². The van der Waals surface area contributed by atoms with Gasteiger partial charge in [0, 0.05) is 12.8 Å². The van der Waals surface area contributed by atoms with Gasteiger partial charge in [-0.1, -0.05) is 19.8 Å². The molecule has 0 amide bonds. The van der Waals surface area contributed by atoms with Crippen LogP contribution in [0.4, 0.5) is 0 Å². The van der Waals surface area contributed by atoms with Crippen molar-refractivity contribution in [1.82, 2.24) is 0 Å². The zero-order valence-electron chi connectivity index (χ0n) is 7.95. The van der Waals surface area contributed by atoms with Crippen LogP contribution in [-0.4, -0.2) is 22.9 Å². The number of carbonyl (C=O) groups excluding carboxylic acids is 1. The molecule has 0 aromatic carbocycles. The van der Waals surface area contributed by atoms with Crippen LogP contribution in [0.25, 0.3) is 0 Å². The number of ketones is 1. The Kier molecular flexibility index (Phi) is 6.14. The monoisotopic (exact) mass is 187 g/mol. The van der Waals surface area contributed by atoms with E-state index in [0.29, 0.717) is 6.42 Å². The molecular formula is C9H17NO3. The van der Waals surface area contributed by atoms with Crippen LogP contribution in [0.5, 0.6) is 0 Å². The zero-order valence-corrected chi connectivity index (χ0v) is 7.95. The van der Waals surface area contributed by atoms with Crippen LogP contribution in [0.3, 0.4) is 0 Å². The molecule has 4 nitrogen and oxygen atoms in total. The van der Waals surface area contributed by atoms with Gasteiger partial charge in [0.15, 0.2) is 0 Å². The Hall–Kier alpha value is -0.900. The first-order chi connectivity index (χ1) is 6.07. The fourth-order valence-corrected chi connectivity index (χ4v) is 1.01. The van der Waals surface area contributed by atoms with Crippen LogP contribution in [-0.2, 0) is 9.59 Å². The van der Waals surface area contributed by atoms with Crippen molar-refractivity contribution in [2.45, 2.75) is 45.1 Å². The van der Waals surface area contributed by atoms with E-state index in [1.165, 1.54) is 0 Å². The smallest absolute Gasteiger partial charge is 0.320 e. The van der Waals surface area contributed by atoms with E-state index in [1.54, 1.807) is 0 Å². The average molecular weight is 187 g/mol. The molecule has 4 heteroatoms. The molecule has 0 rings (SSSR count). The molecule has 0 spiro atoms. The fraction of sp³-hybridized carbons (Fsp3) is 0.778.